The number of hydrogen-bond donors (Lipinski definition) is 2. The predicted octanol–water partition coefficient (Wildman–Crippen LogP) is 4.82. The largest absolute Gasteiger partial charge is 0.356 e. The first-order valence-electron chi connectivity index (χ1n) is 17.0. The third-order valence-corrected chi connectivity index (χ3v) is 10.5. The number of imidazole rings is 1. The minimum Gasteiger partial charge on any atom is -0.356 e. The van der Waals surface area contributed by atoms with Gasteiger partial charge in [0.05, 0.1) is 17.8 Å². The number of benzene rings is 2. The minimum absolute atomic E-state index is 0.00590. The SMILES string of the molecule is O=C(CC1C[C@H](C(=O)N2CCCCC2)[C@@]2(CCc3ccccc3)c3[nH]c4ccccc4c3CCN2C1=O)NCCCn1ccnc1. The number of aromatic amines is 1. The molecule has 7 rings (SSSR count). The standard InChI is InChI=1S/C37H44N6O3/c44-33(39-17-9-19-41-23-18-38-26-41)25-28-24-31(36(46)42-20-7-2-8-21-42)37(16-14-27-10-3-1-4-11-27)34-30(15-22-43(37)35(28)45)29-12-5-6-13-32(29)40-34/h1,3-6,10-13,18,23,26,28,31,40H,2,7-9,14-17,19-22,24-25H2,(H,39,44)/t28?,31-,37+/m1/s1. The second kappa shape index (κ2) is 13.1. The van der Waals surface area contributed by atoms with Crippen molar-refractivity contribution >= 4 is 28.6 Å². The van der Waals surface area contributed by atoms with Crippen molar-refractivity contribution in [1.29, 1.82) is 0 Å². The predicted molar refractivity (Wildman–Crippen MR) is 177 cm³/mol. The van der Waals surface area contributed by atoms with E-state index in [1.54, 1.807) is 12.5 Å². The molecule has 2 saturated heterocycles. The average molecular weight is 621 g/mol. The Morgan fingerprint density at radius 2 is 1.80 bits per heavy atom. The number of likely N-dealkylation sites (tertiary alicyclic amines) is 1. The lowest BCUT2D eigenvalue weighted by molar-refractivity contribution is -0.167. The fourth-order valence-corrected chi connectivity index (χ4v) is 8.29. The Labute approximate surface area is 270 Å². The lowest BCUT2D eigenvalue weighted by atomic mass is 9.64. The van der Waals surface area contributed by atoms with Crippen molar-refractivity contribution in [2.24, 2.45) is 11.8 Å². The van der Waals surface area contributed by atoms with Crippen LogP contribution in [0.1, 0.15) is 61.8 Å². The normalized spacial score (nSPS) is 22.8. The highest BCUT2D eigenvalue weighted by Crippen LogP contribution is 2.53. The van der Waals surface area contributed by atoms with Crippen LogP contribution in [-0.2, 0) is 39.3 Å². The molecule has 3 atom stereocenters. The summed E-state index contributed by atoms with van der Waals surface area (Å²) < 4.78 is 1.98. The van der Waals surface area contributed by atoms with Gasteiger partial charge >= 0.3 is 0 Å². The summed E-state index contributed by atoms with van der Waals surface area (Å²) in [5, 5.41) is 4.21. The van der Waals surface area contributed by atoms with E-state index in [0.717, 1.165) is 69.4 Å². The van der Waals surface area contributed by atoms with Crippen LogP contribution in [0, 0.1) is 11.8 Å². The van der Waals surface area contributed by atoms with Crippen LogP contribution in [0.25, 0.3) is 10.9 Å². The topological polar surface area (TPSA) is 103 Å². The summed E-state index contributed by atoms with van der Waals surface area (Å²) in [5.74, 6) is -0.995. The summed E-state index contributed by atoms with van der Waals surface area (Å²) in [6.07, 6.45) is 11.9. The molecule has 0 saturated carbocycles. The Morgan fingerprint density at radius 1 is 1.00 bits per heavy atom. The van der Waals surface area contributed by atoms with Gasteiger partial charge in [-0.2, -0.15) is 0 Å². The molecular formula is C37H44N6O3. The summed E-state index contributed by atoms with van der Waals surface area (Å²) in [6, 6.07) is 18.7. The Morgan fingerprint density at radius 3 is 2.61 bits per heavy atom. The highest BCUT2D eigenvalue weighted by atomic mass is 16.2. The van der Waals surface area contributed by atoms with Crippen molar-refractivity contribution in [3.63, 3.8) is 0 Å². The zero-order valence-electron chi connectivity index (χ0n) is 26.5. The monoisotopic (exact) mass is 620 g/mol. The molecule has 240 valence electrons. The van der Waals surface area contributed by atoms with Crippen LogP contribution in [0.3, 0.4) is 0 Å². The average Bonchev–Trinajstić information content (AvgIpc) is 3.76. The number of H-pyrrole nitrogens is 1. The lowest BCUT2D eigenvalue weighted by Gasteiger charge is -2.56. The number of carbonyl (C=O) groups excluding carboxylic acids is 3. The number of aryl methyl sites for hydroxylation is 2. The number of rotatable bonds is 10. The van der Waals surface area contributed by atoms with Crippen molar-refractivity contribution in [3.8, 4) is 0 Å². The molecule has 5 heterocycles. The molecule has 3 amide bonds. The van der Waals surface area contributed by atoms with E-state index in [1.807, 2.05) is 44.8 Å². The first kappa shape index (κ1) is 30.3. The van der Waals surface area contributed by atoms with Gasteiger partial charge in [0.25, 0.3) is 0 Å². The van der Waals surface area contributed by atoms with E-state index in [4.69, 9.17) is 0 Å². The molecule has 2 aromatic carbocycles. The van der Waals surface area contributed by atoms with E-state index in [1.165, 1.54) is 16.5 Å². The molecule has 0 aliphatic carbocycles. The second-order valence-corrected chi connectivity index (χ2v) is 13.3. The van der Waals surface area contributed by atoms with Crippen molar-refractivity contribution < 1.29 is 14.4 Å². The quantitative estimate of drug-likeness (QED) is 0.248. The number of carbonyl (C=O) groups is 3. The summed E-state index contributed by atoms with van der Waals surface area (Å²) in [6.45, 7) is 3.32. The Bertz CT molecular complexity index is 1680. The number of aromatic nitrogens is 3. The molecule has 46 heavy (non-hydrogen) atoms. The molecule has 0 radical (unpaired) electrons. The fraction of sp³-hybridized carbons (Fsp3) is 0.459. The Hall–Kier alpha value is -4.40. The van der Waals surface area contributed by atoms with E-state index in [2.05, 4.69) is 45.6 Å². The van der Waals surface area contributed by atoms with Gasteiger partial charge in [-0.05, 0) is 68.6 Å². The van der Waals surface area contributed by atoms with Crippen LogP contribution < -0.4 is 5.32 Å². The lowest BCUT2D eigenvalue weighted by Crippen LogP contribution is -2.66. The van der Waals surface area contributed by atoms with Crippen molar-refractivity contribution in [3.05, 3.63) is 90.1 Å². The van der Waals surface area contributed by atoms with Gasteiger partial charge in [0.1, 0.15) is 0 Å². The van der Waals surface area contributed by atoms with E-state index >= 15 is 0 Å². The third kappa shape index (κ3) is 5.72. The number of nitrogens with one attached hydrogen (secondary N) is 2. The number of piperidine rings is 2. The maximum absolute atomic E-state index is 14.8. The van der Waals surface area contributed by atoms with Crippen LogP contribution >= 0.6 is 0 Å². The van der Waals surface area contributed by atoms with E-state index < -0.39 is 17.4 Å². The maximum Gasteiger partial charge on any atom is 0.228 e. The van der Waals surface area contributed by atoms with Crippen LogP contribution in [0.5, 0.6) is 0 Å². The number of amides is 3. The highest BCUT2D eigenvalue weighted by molar-refractivity contribution is 5.93. The van der Waals surface area contributed by atoms with Gasteiger partial charge in [-0.25, -0.2) is 4.98 Å². The smallest absolute Gasteiger partial charge is 0.228 e. The first-order chi connectivity index (χ1) is 22.5. The third-order valence-electron chi connectivity index (χ3n) is 10.5. The number of hydrogen-bond acceptors (Lipinski definition) is 4. The summed E-state index contributed by atoms with van der Waals surface area (Å²) >= 11 is 0. The van der Waals surface area contributed by atoms with Gasteiger partial charge in [0.2, 0.25) is 17.7 Å². The van der Waals surface area contributed by atoms with Crippen molar-refractivity contribution in [1.82, 2.24) is 29.7 Å². The minimum atomic E-state index is -0.814. The molecule has 3 aliphatic heterocycles. The highest BCUT2D eigenvalue weighted by Gasteiger charge is 2.59. The molecule has 1 unspecified atom stereocenters. The van der Waals surface area contributed by atoms with Crippen LogP contribution in [-0.4, -0.2) is 68.2 Å². The Kier molecular flexibility index (Phi) is 8.65. The molecule has 2 fully saturated rings. The van der Waals surface area contributed by atoms with Gasteiger partial charge in [0, 0.05) is 74.1 Å². The fourth-order valence-electron chi connectivity index (χ4n) is 8.29. The molecule has 0 bridgehead atoms. The molecule has 4 aromatic rings. The van der Waals surface area contributed by atoms with Gasteiger partial charge in [-0.1, -0.05) is 48.5 Å². The van der Waals surface area contributed by atoms with Gasteiger partial charge in [0.15, 0.2) is 0 Å². The summed E-state index contributed by atoms with van der Waals surface area (Å²) in [7, 11) is 0. The van der Waals surface area contributed by atoms with E-state index in [0.29, 0.717) is 25.9 Å². The number of fused-ring (bicyclic) bond motifs is 5. The zero-order chi connectivity index (χ0) is 31.5. The van der Waals surface area contributed by atoms with Crippen molar-refractivity contribution in [2.75, 3.05) is 26.2 Å². The molecule has 9 nitrogen and oxygen atoms in total. The van der Waals surface area contributed by atoms with Gasteiger partial charge in [-0.3, -0.25) is 14.4 Å². The van der Waals surface area contributed by atoms with Crippen LogP contribution in [0.4, 0.5) is 0 Å². The maximum atomic E-state index is 14.8. The van der Waals surface area contributed by atoms with Crippen molar-refractivity contribution in [2.45, 2.75) is 69.9 Å². The molecule has 2 aromatic heterocycles. The van der Waals surface area contributed by atoms with Crippen LogP contribution in [0.2, 0.25) is 0 Å². The van der Waals surface area contributed by atoms with E-state index in [9.17, 15) is 14.4 Å². The van der Waals surface area contributed by atoms with Gasteiger partial charge < -0.3 is 24.7 Å². The first-order valence-corrected chi connectivity index (χ1v) is 17.0. The zero-order valence-corrected chi connectivity index (χ0v) is 26.5. The molecule has 0 spiro atoms. The number of para-hydroxylation sites is 1. The molecule has 2 N–H and O–H groups in total. The Balaban J connectivity index is 1.23. The summed E-state index contributed by atoms with van der Waals surface area (Å²) in [4.78, 5) is 54.5. The molecule has 3 aliphatic rings. The van der Waals surface area contributed by atoms with Crippen LogP contribution in [0.15, 0.2) is 73.3 Å². The second-order valence-electron chi connectivity index (χ2n) is 13.3. The summed E-state index contributed by atoms with van der Waals surface area (Å²) in [5.41, 5.74) is 3.66. The van der Waals surface area contributed by atoms with Gasteiger partial charge in [-0.15, -0.1) is 0 Å². The number of nitrogens with zero attached hydrogens (tertiary/aromatic N) is 4. The molecular weight excluding hydrogens is 576 g/mol. The van der Waals surface area contributed by atoms with E-state index in [-0.39, 0.29) is 24.1 Å². The molecule has 9 heteroatoms.